The van der Waals surface area contributed by atoms with Gasteiger partial charge in [0.15, 0.2) is 11.6 Å². The molecule has 1 aliphatic carbocycles. The Balaban J connectivity index is 1.41. The van der Waals surface area contributed by atoms with Gasteiger partial charge in [-0.15, -0.1) is 0 Å². The zero-order chi connectivity index (χ0) is 27.0. The van der Waals surface area contributed by atoms with Crippen molar-refractivity contribution in [1.82, 2.24) is 20.5 Å². The smallest absolute Gasteiger partial charge is 0.255 e. The third kappa shape index (κ3) is 5.22. The van der Waals surface area contributed by atoms with Crippen LogP contribution in [0, 0.1) is 18.7 Å². The van der Waals surface area contributed by atoms with Crippen molar-refractivity contribution < 1.29 is 28.6 Å². The van der Waals surface area contributed by atoms with Gasteiger partial charge in [-0.1, -0.05) is 0 Å². The van der Waals surface area contributed by atoms with E-state index in [0.717, 1.165) is 29.7 Å². The molecular formula is C28H35FN4O5. The van der Waals surface area contributed by atoms with Crippen LogP contribution >= 0.6 is 0 Å². The van der Waals surface area contributed by atoms with E-state index < -0.39 is 12.4 Å². The molecule has 1 aromatic heterocycles. The van der Waals surface area contributed by atoms with Gasteiger partial charge in [-0.2, -0.15) is 0 Å². The van der Waals surface area contributed by atoms with Crippen molar-refractivity contribution in [3.05, 3.63) is 52.2 Å². The molecule has 3 heterocycles. The lowest BCUT2D eigenvalue weighted by atomic mass is 9.90. The number of likely N-dealkylation sites (tertiary alicyclic amines) is 1. The number of allylic oxidation sites excluding steroid dienone is 1. The van der Waals surface area contributed by atoms with Crippen LogP contribution in [0.15, 0.2) is 23.9 Å². The van der Waals surface area contributed by atoms with Crippen molar-refractivity contribution >= 4 is 17.4 Å². The van der Waals surface area contributed by atoms with Crippen LogP contribution in [0.3, 0.4) is 0 Å². The number of aliphatic hydroxyl groups is 1. The second-order valence-corrected chi connectivity index (χ2v) is 10.4. The molecule has 2 aromatic rings. The van der Waals surface area contributed by atoms with E-state index in [1.54, 1.807) is 11.0 Å². The number of aliphatic hydroxyl groups excluding tert-OH is 1. The van der Waals surface area contributed by atoms with E-state index in [0.29, 0.717) is 61.2 Å². The summed E-state index contributed by atoms with van der Waals surface area (Å²) in [6.07, 6.45) is 3.48. The number of aromatic nitrogens is 1. The fraction of sp³-hybridized carbons (Fsp3) is 0.500. The predicted molar refractivity (Wildman–Crippen MR) is 139 cm³/mol. The highest BCUT2D eigenvalue weighted by atomic mass is 19.1. The number of carbonyl (C=O) groups excluding carboxylic acids is 2. The molecule has 1 aromatic carbocycles. The Kier molecular flexibility index (Phi) is 7.34. The molecule has 2 aliphatic heterocycles. The Morgan fingerprint density at radius 2 is 1.84 bits per heavy atom. The topological polar surface area (TPSA) is 116 Å². The summed E-state index contributed by atoms with van der Waals surface area (Å²) in [5, 5.41) is 15.7. The maximum Gasteiger partial charge on any atom is 0.255 e. The summed E-state index contributed by atoms with van der Waals surface area (Å²) in [5.74, 6) is 0.115. The molecule has 0 radical (unpaired) electrons. The van der Waals surface area contributed by atoms with Crippen LogP contribution in [0.4, 0.5) is 4.39 Å². The van der Waals surface area contributed by atoms with Crippen molar-refractivity contribution in [1.29, 1.82) is 0 Å². The van der Waals surface area contributed by atoms with Gasteiger partial charge in [0.25, 0.3) is 5.91 Å². The zero-order valence-electron chi connectivity index (χ0n) is 22.0. The Hall–Kier alpha value is -3.53. The zero-order valence-corrected chi connectivity index (χ0v) is 22.0. The number of rotatable bonds is 8. The van der Waals surface area contributed by atoms with Crippen LogP contribution < -0.4 is 20.1 Å². The van der Waals surface area contributed by atoms with E-state index in [9.17, 15) is 14.0 Å². The normalized spacial score (nSPS) is 19.6. The van der Waals surface area contributed by atoms with Crippen LogP contribution in [0.1, 0.15) is 61.2 Å². The van der Waals surface area contributed by atoms with Gasteiger partial charge >= 0.3 is 0 Å². The maximum absolute atomic E-state index is 14.7. The first-order valence-electron chi connectivity index (χ1n) is 13.2. The Bertz CT molecular complexity index is 1260. The van der Waals surface area contributed by atoms with Crippen LogP contribution in [0.5, 0.6) is 11.5 Å². The van der Waals surface area contributed by atoms with E-state index in [2.05, 4.69) is 15.6 Å². The quantitative estimate of drug-likeness (QED) is 0.421. The average Bonchev–Trinajstić information content (AvgIpc) is 3.66. The van der Waals surface area contributed by atoms with Gasteiger partial charge in [0.2, 0.25) is 5.91 Å². The fourth-order valence-corrected chi connectivity index (χ4v) is 5.31. The largest absolute Gasteiger partial charge is 0.494 e. The minimum Gasteiger partial charge on any atom is -0.494 e. The second-order valence-electron chi connectivity index (χ2n) is 10.4. The van der Waals surface area contributed by atoms with Gasteiger partial charge in [-0.3, -0.25) is 9.59 Å². The maximum atomic E-state index is 14.7. The minimum absolute atomic E-state index is 0.0773. The van der Waals surface area contributed by atoms with Crippen molar-refractivity contribution in [2.75, 3.05) is 33.4 Å². The minimum atomic E-state index is -0.502. The summed E-state index contributed by atoms with van der Waals surface area (Å²) in [7, 11) is 1.44. The number of ether oxygens (including phenoxy) is 2. The number of hydrogen-bond donors (Lipinski definition) is 4. The van der Waals surface area contributed by atoms with Crippen molar-refractivity contribution in [3.63, 3.8) is 0 Å². The third-order valence-corrected chi connectivity index (χ3v) is 7.59. The first-order valence-corrected chi connectivity index (χ1v) is 13.2. The number of H-pyrrole nitrogens is 1. The molecule has 4 N–H and O–H groups in total. The summed E-state index contributed by atoms with van der Waals surface area (Å²) >= 11 is 0. The monoisotopic (exact) mass is 526 g/mol. The number of aromatic amines is 1. The van der Waals surface area contributed by atoms with Gasteiger partial charge in [0.1, 0.15) is 12.4 Å². The first kappa shape index (κ1) is 26.1. The van der Waals surface area contributed by atoms with Gasteiger partial charge in [0.05, 0.1) is 31.0 Å². The summed E-state index contributed by atoms with van der Waals surface area (Å²) in [4.78, 5) is 30.3. The van der Waals surface area contributed by atoms with Crippen LogP contribution in [0.2, 0.25) is 0 Å². The number of piperidine rings is 1. The molecule has 2 fully saturated rings. The number of hydrogen-bond acceptors (Lipinski definition) is 6. The van der Waals surface area contributed by atoms with Crippen LogP contribution in [0.25, 0.3) is 5.57 Å². The lowest BCUT2D eigenvalue weighted by Gasteiger charge is -2.33. The molecule has 204 valence electrons. The van der Waals surface area contributed by atoms with Gasteiger partial charge in [-0.05, 0) is 57.6 Å². The van der Waals surface area contributed by atoms with E-state index in [1.807, 2.05) is 19.9 Å². The number of nitrogens with zero attached hydrogens (tertiary/aromatic N) is 1. The number of methoxy groups -OCH3 is 1. The highest BCUT2D eigenvalue weighted by Gasteiger charge is 2.35. The Morgan fingerprint density at radius 3 is 2.50 bits per heavy atom. The molecule has 3 aliphatic rings. The van der Waals surface area contributed by atoms with E-state index in [4.69, 9.17) is 14.6 Å². The Morgan fingerprint density at radius 1 is 1.11 bits per heavy atom. The number of aryl methyl sites for hydroxylation is 1. The van der Waals surface area contributed by atoms with Crippen LogP contribution in [-0.4, -0.2) is 66.3 Å². The average molecular weight is 527 g/mol. The lowest BCUT2D eigenvalue weighted by Crippen LogP contribution is -2.47. The number of carbonyl (C=O) groups is 2. The van der Waals surface area contributed by atoms with Crippen molar-refractivity contribution in [2.24, 2.45) is 5.92 Å². The molecule has 1 unspecified atom stereocenters. The number of benzene rings is 1. The lowest BCUT2D eigenvalue weighted by molar-refractivity contribution is -0.135. The van der Waals surface area contributed by atoms with E-state index in [-0.39, 0.29) is 29.6 Å². The highest BCUT2D eigenvalue weighted by molar-refractivity contribution is 6.20. The molecule has 0 bridgehead atoms. The molecule has 10 heteroatoms. The molecule has 9 nitrogen and oxygen atoms in total. The standard InChI is InChI=1S/C28H35FN4O5/c1-15-10-20-26(19-11-23(37-3)21(29)12-22(19)38-14-17-4-5-17)31-16(2)25(27(20)30-15)28(36)32-18-6-8-33(9-7-18)24(35)13-34/h10-12,17-18,26,30-31,34H,4-9,13-14H2,1-3H3,(H,32,36). The molecule has 38 heavy (non-hydrogen) atoms. The summed E-state index contributed by atoms with van der Waals surface area (Å²) < 4.78 is 26.0. The summed E-state index contributed by atoms with van der Waals surface area (Å²) in [5.41, 5.74) is 4.42. The number of nitrogens with one attached hydrogen (secondary N) is 3. The number of amides is 2. The Labute approximate surface area is 221 Å². The highest BCUT2D eigenvalue weighted by Crippen LogP contribution is 2.42. The first-order chi connectivity index (χ1) is 18.3. The molecular weight excluding hydrogens is 491 g/mol. The van der Waals surface area contributed by atoms with Gasteiger partial charge in [0, 0.05) is 47.7 Å². The van der Waals surface area contributed by atoms with Gasteiger partial charge < -0.3 is 35.1 Å². The molecule has 1 saturated carbocycles. The third-order valence-electron chi connectivity index (χ3n) is 7.59. The molecule has 0 spiro atoms. The molecule has 5 rings (SSSR count). The molecule has 2 amide bonds. The van der Waals surface area contributed by atoms with Crippen LogP contribution in [-0.2, 0) is 9.59 Å². The predicted octanol–water partition coefficient (Wildman–Crippen LogP) is 2.78. The fourth-order valence-electron chi connectivity index (χ4n) is 5.31. The van der Waals surface area contributed by atoms with E-state index >= 15 is 0 Å². The number of fused-ring (bicyclic) bond motifs is 1. The SMILES string of the molecule is COc1cc(C2NC(C)=C(C(=O)NC3CCN(C(=O)CO)CC3)c3[nH]c(C)cc32)c(OCC2CC2)cc1F. The van der Waals surface area contributed by atoms with Gasteiger partial charge in [-0.25, -0.2) is 4.39 Å². The number of halogens is 1. The van der Waals surface area contributed by atoms with Crippen molar-refractivity contribution in [2.45, 2.75) is 51.6 Å². The summed E-state index contributed by atoms with van der Waals surface area (Å²) in [6.45, 7) is 4.81. The summed E-state index contributed by atoms with van der Waals surface area (Å²) in [6, 6.07) is 4.59. The van der Waals surface area contributed by atoms with E-state index in [1.165, 1.54) is 13.2 Å². The van der Waals surface area contributed by atoms with Crippen molar-refractivity contribution in [3.8, 4) is 11.5 Å². The second kappa shape index (κ2) is 10.7. The molecule has 1 atom stereocenters. The molecule has 1 saturated heterocycles.